The Kier molecular flexibility index (Phi) is 6.41. The molecule has 0 saturated carbocycles. The lowest BCUT2D eigenvalue weighted by Crippen LogP contribution is -2.20. The van der Waals surface area contributed by atoms with Crippen molar-refractivity contribution in [3.8, 4) is 11.5 Å². The van der Waals surface area contributed by atoms with Gasteiger partial charge in [0.1, 0.15) is 0 Å². The smallest absolute Gasteiger partial charge is 0.262 e. The van der Waals surface area contributed by atoms with Crippen molar-refractivity contribution in [3.63, 3.8) is 0 Å². The van der Waals surface area contributed by atoms with Crippen LogP contribution in [0, 0.1) is 13.8 Å². The third kappa shape index (κ3) is 4.96. The molecule has 6 nitrogen and oxygen atoms in total. The van der Waals surface area contributed by atoms with Crippen molar-refractivity contribution >= 4 is 33.7 Å². The summed E-state index contributed by atoms with van der Waals surface area (Å²) in [6.45, 7) is 3.83. The quantitative estimate of drug-likeness (QED) is 0.433. The molecule has 0 aromatic heterocycles. The molecule has 0 heterocycles. The van der Waals surface area contributed by atoms with E-state index in [2.05, 4.69) is 26.4 Å². The summed E-state index contributed by atoms with van der Waals surface area (Å²) in [6.07, 6.45) is 1.27. The standard InChI is InChI=1S/C18H19BrN2O4/c1-11-4-5-14(6-12(11)2)21-17(22)10-25-18-15(19)7-13(9-20-23)8-16(18)24-3/h4-9,23H,10H2,1-3H3,(H,21,22)/b20-9+. The van der Waals surface area contributed by atoms with Gasteiger partial charge < -0.3 is 20.0 Å². The minimum atomic E-state index is -0.279. The van der Waals surface area contributed by atoms with Crippen molar-refractivity contribution in [2.45, 2.75) is 13.8 Å². The summed E-state index contributed by atoms with van der Waals surface area (Å²) in [7, 11) is 1.49. The minimum absolute atomic E-state index is 0.171. The SMILES string of the molecule is COc1cc(/C=N/O)cc(Br)c1OCC(=O)Nc1ccc(C)c(C)c1. The lowest BCUT2D eigenvalue weighted by atomic mass is 10.1. The number of nitrogens with one attached hydrogen (secondary N) is 1. The number of methoxy groups -OCH3 is 1. The van der Waals surface area contributed by atoms with Gasteiger partial charge in [0.05, 0.1) is 17.8 Å². The summed E-state index contributed by atoms with van der Waals surface area (Å²) < 4.78 is 11.4. The zero-order valence-corrected chi connectivity index (χ0v) is 15.8. The normalized spacial score (nSPS) is 10.7. The molecule has 2 rings (SSSR count). The van der Waals surface area contributed by atoms with E-state index in [4.69, 9.17) is 14.7 Å². The molecule has 0 spiro atoms. The van der Waals surface area contributed by atoms with E-state index in [1.54, 1.807) is 12.1 Å². The highest BCUT2D eigenvalue weighted by Crippen LogP contribution is 2.36. The molecule has 0 atom stereocenters. The summed E-state index contributed by atoms with van der Waals surface area (Å²) >= 11 is 3.36. The number of halogens is 1. The fourth-order valence-corrected chi connectivity index (χ4v) is 2.75. The summed E-state index contributed by atoms with van der Waals surface area (Å²) in [4.78, 5) is 12.1. The Balaban J connectivity index is 2.07. The molecule has 7 heteroatoms. The van der Waals surface area contributed by atoms with Gasteiger partial charge in [-0.2, -0.15) is 0 Å². The molecule has 0 aliphatic heterocycles. The first kappa shape index (κ1) is 18.8. The van der Waals surface area contributed by atoms with E-state index in [1.165, 1.54) is 13.3 Å². The average molecular weight is 407 g/mol. The van der Waals surface area contributed by atoms with Crippen LogP contribution in [0.2, 0.25) is 0 Å². The van der Waals surface area contributed by atoms with Crippen molar-refractivity contribution in [1.29, 1.82) is 0 Å². The maximum atomic E-state index is 12.1. The first-order valence-electron chi connectivity index (χ1n) is 7.49. The van der Waals surface area contributed by atoms with E-state index in [-0.39, 0.29) is 12.5 Å². The number of ether oxygens (including phenoxy) is 2. The summed E-state index contributed by atoms with van der Waals surface area (Å²) in [5.41, 5.74) is 3.61. The van der Waals surface area contributed by atoms with Gasteiger partial charge in [0.25, 0.3) is 5.91 Å². The van der Waals surface area contributed by atoms with E-state index in [9.17, 15) is 4.79 Å². The fraction of sp³-hybridized carbons (Fsp3) is 0.222. The Bertz CT molecular complexity index is 806. The number of carbonyl (C=O) groups is 1. The van der Waals surface area contributed by atoms with Crippen molar-refractivity contribution in [2.75, 3.05) is 19.0 Å². The number of anilines is 1. The third-order valence-electron chi connectivity index (χ3n) is 3.60. The highest BCUT2D eigenvalue weighted by molar-refractivity contribution is 9.10. The highest BCUT2D eigenvalue weighted by Gasteiger charge is 2.13. The molecular formula is C18H19BrN2O4. The largest absolute Gasteiger partial charge is 0.493 e. The molecule has 1 amide bonds. The van der Waals surface area contributed by atoms with Gasteiger partial charge in [-0.05, 0) is 65.2 Å². The first-order chi connectivity index (χ1) is 11.9. The fourth-order valence-electron chi connectivity index (χ4n) is 2.18. The van der Waals surface area contributed by atoms with Crippen molar-refractivity contribution in [2.24, 2.45) is 5.16 Å². The van der Waals surface area contributed by atoms with Crippen LogP contribution in [0.3, 0.4) is 0 Å². The van der Waals surface area contributed by atoms with Gasteiger partial charge >= 0.3 is 0 Å². The third-order valence-corrected chi connectivity index (χ3v) is 4.19. The van der Waals surface area contributed by atoms with E-state index >= 15 is 0 Å². The van der Waals surface area contributed by atoms with Gasteiger partial charge in [-0.1, -0.05) is 11.2 Å². The zero-order chi connectivity index (χ0) is 18.4. The van der Waals surface area contributed by atoms with Gasteiger partial charge in [0.2, 0.25) is 0 Å². The van der Waals surface area contributed by atoms with Gasteiger partial charge in [-0.3, -0.25) is 4.79 Å². The second kappa shape index (κ2) is 8.53. The summed E-state index contributed by atoms with van der Waals surface area (Å²) in [5.74, 6) is 0.536. The molecule has 132 valence electrons. The lowest BCUT2D eigenvalue weighted by Gasteiger charge is -2.13. The van der Waals surface area contributed by atoms with Crippen molar-refractivity contribution in [1.82, 2.24) is 0 Å². The first-order valence-corrected chi connectivity index (χ1v) is 8.28. The number of rotatable bonds is 6. The Morgan fingerprint density at radius 1 is 1.28 bits per heavy atom. The monoisotopic (exact) mass is 406 g/mol. The molecule has 2 aromatic rings. The molecule has 25 heavy (non-hydrogen) atoms. The highest BCUT2D eigenvalue weighted by atomic mass is 79.9. The van der Waals surface area contributed by atoms with Crippen LogP contribution in [-0.4, -0.2) is 31.0 Å². The predicted octanol–water partition coefficient (Wildman–Crippen LogP) is 3.90. The molecular weight excluding hydrogens is 388 g/mol. The second-order valence-electron chi connectivity index (χ2n) is 5.41. The lowest BCUT2D eigenvalue weighted by molar-refractivity contribution is -0.118. The van der Waals surface area contributed by atoms with Crippen LogP contribution >= 0.6 is 15.9 Å². The Morgan fingerprint density at radius 2 is 2.04 bits per heavy atom. The number of aryl methyl sites for hydroxylation is 2. The number of hydrogen-bond donors (Lipinski definition) is 2. The molecule has 0 aliphatic carbocycles. The van der Waals surface area contributed by atoms with Gasteiger partial charge in [0.15, 0.2) is 18.1 Å². The summed E-state index contributed by atoms with van der Waals surface area (Å²) in [5, 5.41) is 14.4. The molecule has 2 aromatic carbocycles. The molecule has 0 aliphatic rings. The summed E-state index contributed by atoms with van der Waals surface area (Å²) in [6, 6.07) is 9.04. The Labute approximate surface area is 154 Å². The van der Waals surface area contributed by atoms with Crippen LogP contribution < -0.4 is 14.8 Å². The maximum Gasteiger partial charge on any atom is 0.262 e. The molecule has 0 saturated heterocycles. The number of benzene rings is 2. The van der Waals surface area contributed by atoms with Gasteiger partial charge in [0, 0.05) is 11.3 Å². The molecule has 2 N–H and O–H groups in total. The van der Waals surface area contributed by atoms with E-state index in [0.717, 1.165) is 16.8 Å². The van der Waals surface area contributed by atoms with Crippen LogP contribution in [0.4, 0.5) is 5.69 Å². The number of hydrogen-bond acceptors (Lipinski definition) is 5. The van der Waals surface area contributed by atoms with E-state index in [0.29, 0.717) is 21.5 Å². The molecule has 0 unspecified atom stereocenters. The topological polar surface area (TPSA) is 80.2 Å². The molecule has 0 bridgehead atoms. The Hall–Kier alpha value is -2.54. The van der Waals surface area contributed by atoms with Gasteiger partial charge in [-0.15, -0.1) is 0 Å². The number of nitrogens with zero attached hydrogens (tertiary/aromatic N) is 1. The Morgan fingerprint density at radius 3 is 2.68 bits per heavy atom. The molecule has 0 fully saturated rings. The maximum absolute atomic E-state index is 12.1. The number of oxime groups is 1. The van der Waals surface area contributed by atoms with Gasteiger partial charge in [-0.25, -0.2) is 0 Å². The van der Waals surface area contributed by atoms with Crippen LogP contribution in [0.25, 0.3) is 0 Å². The average Bonchev–Trinajstić information content (AvgIpc) is 2.57. The van der Waals surface area contributed by atoms with Crippen LogP contribution in [0.5, 0.6) is 11.5 Å². The number of carbonyl (C=O) groups excluding carboxylic acids is 1. The predicted molar refractivity (Wildman–Crippen MR) is 100 cm³/mol. The van der Waals surface area contributed by atoms with Crippen molar-refractivity contribution < 1.29 is 19.5 Å². The van der Waals surface area contributed by atoms with E-state index in [1.807, 2.05) is 32.0 Å². The zero-order valence-electron chi connectivity index (χ0n) is 14.2. The second-order valence-corrected chi connectivity index (χ2v) is 6.27. The minimum Gasteiger partial charge on any atom is -0.493 e. The number of amides is 1. The molecule has 0 radical (unpaired) electrons. The van der Waals surface area contributed by atoms with E-state index < -0.39 is 0 Å². The van der Waals surface area contributed by atoms with Crippen molar-refractivity contribution in [3.05, 3.63) is 51.5 Å². The van der Waals surface area contributed by atoms with Crippen LogP contribution in [0.15, 0.2) is 40.0 Å². The van der Waals surface area contributed by atoms with Crippen LogP contribution in [0.1, 0.15) is 16.7 Å². The van der Waals surface area contributed by atoms with Crippen LogP contribution in [-0.2, 0) is 4.79 Å².